The molecule has 2 aromatic heterocycles. The maximum absolute atomic E-state index is 12.9. The van der Waals surface area contributed by atoms with Crippen molar-refractivity contribution in [3.05, 3.63) is 58.7 Å². The molecule has 0 unspecified atom stereocenters. The highest BCUT2D eigenvalue weighted by Crippen LogP contribution is 2.31. The summed E-state index contributed by atoms with van der Waals surface area (Å²) in [6, 6.07) is 8.61. The Morgan fingerprint density at radius 1 is 0.969 bits per heavy atom. The highest BCUT2D eigenvalue weighted by molar-refractivity contribution is 7.88. The molecule has 0 spiro atoms. The zero-order valence-electron chi connectivity index (χ0n) is 16.9. The number of ketones is 2. The molecule has 0 atom stereocenters. The highest BCUT2D eigenvalue weighted by atomic mass is 32.2. The van der Waals surface area contributed by atoms with E-state index in [2.05, 4.69) is 21.0 Å². The summed E-state index contributed by atoms with van der Waals surface area (Å²) in [4.78, 5) is 40.5. The van der Waals surface area contributed by atoms with Gasteiger partial charge in [-0.25, -0.2) is 18.4 Å². The van der Waals surface area contributed by atoms with E-state index in [1.165, 1.54) is 22.8 Å². The lowest BCUT2D eigenvalue weighted by Crippen LogP contribution is -2.48. The van der Waals surface area contributed by atoms with E-state index in [1.54, 1.807) is 18.2 Å². The molecule has 10 nitrogen and oxygen atoms in total. The van der Waals surface area contributed by atoms with Crippen molar-refractivity contribution in [1.82, 2.24) is 19.3 Å². The van der Waals surface area contributed by atoms with Crippen molar-refractivity contribution in [3.8, 4) is 6.07 Å². The lowest BCUT2D eigenvalue weighted by molar-refractivity contribution is 0.0968. The molecule has 160 valence electrons. The maximum Gasteiger partial charge on any atom is 0.232 e. The zero-order chi connectivity index (χ0) is 22.6. The van der Waals surface area contributed by atoms with Crippen LogP contribution in [0.3, 0.4) is 0 Å². The van der Waals surface area contributed by atoms with Gasteiger partial charge in [0, 0.05) is 32.4 Å². The number of sulfonamides is 1. The van der Waals surface area contributed by atoms with Gasteiger partial charge in [0.1, 0.15) is 34.2 Å². The fourth-order valence-corrected chi connectivity index (χ4v) is 4.90. The SMILES string of the molecule is CS(=O)(=O)N1CCN(c2ccc3nc4c(nc3c2C#N)C(=O)c2ncccc2C4=O)CC1. The molecule has 0 amide bonds. The summed E-state index contributed by atoms with van der Waals surface area (Å²) < 4.78 is 25.0. The molecule has 5 rings (SSSR count). The molecule has 1 saturated heterocycles. The first-order chi connectivity index (χ1) is 15.3. The number of nitriles is 1. The van der Waals surface area contributed by atoms with Crippen molar-refractivity contribution < 1.29 is 18.0 Å². The van der Waals surface area contributed by atoms with E-state index < -0.39 is 21.6 Å². The number of hydrogen-bond donors (Lipinski definition) is 0. The second-order valence-corrected chi connectivity index (χ2v) is 9.55. The molecule has 1 aromatic carbocycles. The number of anilines is 1. The molecule has 3 aromatic rings. The highest BCUT2D eigenvalue weighted by Gasteiger charge is 2.34. The van der Waals surface area contributed by atoms with Crippen molar-refractivity contribution >= 4 is 38.3 Å². The number of carbonyl (C=O) groups is 2. The molecule has 32 heavy (non-hydrogen) atoms. The van der Waals surface area contributed by atoms with Crippen LogP contribution in [0.4, 0.5) is 5.69 Å². The van der Waals surface area contributed by atoms with Crippen LogP contribution in [0.25, 0.3) is 11.0 Å². The number of aromatic nitrogens is 3. The summed E-state index contributed by atoms with van der Waals surface area (Å²) in [6.45, 7) is 1.40. The van der Waals surface area contributed by atoms with E-state index in [0.29, 0.717) is 37.4 Å². The Morgan fingerprint density at radius 2 is 1.69 bits per heavy atom. The fourth-order valence-electron chi connectivity index (χ4n) is 4.07. The lowest BCUT2D eigenvalue weighted by Gasteiger charge is -2.35. The second kappa shape index (κ2) is 7.15. The van der Waals surface area contributed by atoms with Gasteiger partial charge < -0.3 is 4.90 Å². The first-order valence-corrected chi connectivity index (χ1v) is 11.6. The standard InChI is InChI=1S/C21H16N6O4S/c1-32(30,31)27-9-7-26(8-10-27)15-5-4-14-16(13(15)11-22)25-19-18(24-14)20(28)12-3-2-6-23-17(12)21(19)29/h2-6H,7-10H2,1H3. The Hall–Kier alpha value is -3.75. The molecule has 1 aliphatic heterocycles. The average Bonchev–Trinajstić information content (AvgIpc) is 2.80. The van der Waals surface area contributed by atoms with Crippen molar-refractivity contribution in [2.24, 2.45) is 0 Å². The van der Waals surface area contributed by atoms with Gasteiger partial charge in [0.2, 0.25) is 21.6 Å². The van der Waals surface area contributed by atoms with E-state index in [9.17, 15) is 23.3 Å². The Balaban J connectivity index is 1.60. The van der Waals surface area contributed by atoms with E-state index in [4.69, 9.17) is 0 Å². The zero-order valence-corrected chi connectivity index (χ0v) is 17.8. The molecular formula is C21H16N6O4S. The van der Waals surface area contributed by atoms with Crippen LogP contribution in [0.5, 0.6) is 0 Å². The lowest BCUT2D eigenvalue weighted by atomic mass is 9.93. The maximum atomic E-state index is 12.9. The van der Waals surface area contributed by atoms with Gasteiger partial charge in [-0.3, -0.25) is 14.6 Å². The molecule has 0 saturated carbocycles. The summed E-state index contributed by atoms with van der Waals surface area (Å²) >= 11 is 0. The minimum atomic E-state index is -3.28. The molecule has 1 aliphatic carbocycles. The second-order valence-electron chi connectivity index (χ2n) is 7.57. The van der Waals surface area contributed by atoms with Crippen LogP contribution in [-0.4, -0.2) is 71.7 Å². The van der Waals surface area contributed by atoms with Crippen molar-refractivity contribution in [1.29, 1.82) is 5.26 Å². The van der Waals surface area contributed by atoms with Crippen LogP contribution in [-0.2, 0) is 10.0 Å². The normalized spacial score (nSPS) is 16.6. The quantitative estimate of drug-likeness (QED) is 0.435. The predicted octanol–water partition coefficient (Wildman–Crippen LogP) is 0.753. The number of carbonyl (C=O) groups excluding carboxylic acids is 2. The van der Waals surface area contributed by atoms with Gasteiger partial charge in [-0.05, 0) is 24.3 Å². The van der Waals surface area contributed by atoms with E-state index in [1.807, 2.05) is 4.90 Å². The van der Waals surface area contributed by atoms with Crippen LogP contribution >= 0.6 is 0 Å². The van der Waals surface area contributed by atoms with Gasteiger partial charge in [0.05, 0.1) is 23.0 Å². The van der Waals surface area contributed by atoms with Crippen LogP contribution in [0, 0.1) is 11.3 Å². The summed E-state index contributed by atoms with van der Waals surface area (Å²) in [6.07, 6.45) is 2.60. The Morgan fingerprint density at radius 3 is 2.38 bits per heavy atom. The third kappa shape index (κ3) is 3.04. The van der Waals surface area contributed by atoms with Crippen LogP contribution in [0.2, 0.25) is 0 Å². The van der Waals surface area contributed by atoms with Gasteiger partial charge in [-0.15, -0.1) is 0 Å². The minimum Gasteiger partial charge on any atom is -0.368 e. The first kappa shape index (κ1) is 20.2. The molecular weight excluding hydrogens is 432 g/mol. The molecule has 0 N–H and O–H groups in total. The van der Waals surface area contributed by atoms with E-state index in [0.717, 1.165) is 0 Å². The topological polar surface area (TPSA) is 137 Å². The van der Waals surface area contributed by atoms with Crippen molar-refractivity contribution in [2.75, 3.05) is 37.3 Å². The van der Waals surface area contributed by atoms with Gasteiger partial charge >= 0.3 is 0 Å². The molecule has 3 heterocycles. The Kier molecular flexibility index (Phi) is 4.51. The van der Waals surface area contributed by atoms with Crippen LogP contribution in [0.1, 0.15) is 37.8 Å². The Bertz CT molecular complexity index is 1470. The van der Waals surface area contributed by atoms with Crippen LogP contribution < -0.4 is 4.90 Å². The average molecular weight is 448 g/mol. The third-order valence-corrected chi connectivity index (χ3v) is 6.98. The first-order valence-electron chi connectivity index (χ1n) is 9.79. The van der Waals surface area contributed by atoms with Gasteiger partial charge in [-0.1, -0.05) is 0 Å². The van der Waals surface area contributed by atoms with E-state index in [-0.39, 0.29) is 33.7 Å². The summed E-state index contributed by atoms with van der Waals surface area (Å²) in [7, 11) is -3.28. The summed E-state index contributed by atoms with van der Waals surface area (Å²) in [5.74, 6) is -0.947. The number of fused-ring (bicyclic) bond motifs is 3. The van der Waals surface area contributed by atoms with Crippen molar-refractivity contribution in [2.45, 2.75) is 0 Å². The molecule has 0 radical (unpaired) electrons. The largest absolute Gasteiger partial charge is 0.368 e. The molecule has 2 aliphatic rings. The third-order valence-electron chi connectivity index (χ3n) is 5.67. The van der Waals surface area contributed by atoms with Gasteiger partial charge in [-0.2, -0.15) is 9.57 Å². The molecule has 11 heteroatoms. The van der Waals surface area contributed by atoms with E-state index >= 15 is 0 Å². The molecule has 1 fully saturated rings. The number of nitrogens with zero attached hydrogens (tertiary/aromatic N) is 6. The number of benzene rings is 1. The van der Waals surface area contributed by atoms with Crippen LogP contribution in [0.15, 0.2) is 30.5 Å². The number of pyridine rings is 1. The summed E-state index contributed by atoms with van der Waals surface area (Å²) in [5, 5.41) is 9.89. The monoisotopic (exact) mass is 448 g/mol. The Labute approximate surface area is 183 Å². The number of hydrogen-bond acceptors (Lipinski definition) is 9. The minimum absolute atomic E-state index is 0.0187. The van der Waals surface area contributed by atoms with Gasteiger partial charge in [0.15, 0.2) is 0 Å². The number of piperazine rings is 1. The number of rotatable bonds is 2. The molecule has 0 bridgehead atoms. The van der Waals surface area contributed by atoms with Gasteiger partial charge in [0.25, 0.3) is 0 Å². The predicted molar refractivity (Wildman–Crippen MR) is 114 cm³/mol. The van der Waals surface area contributed by atoms with Crippen molar-refractivity contribution in [3.63, 3.8) is 0 Å². The smallest absolute Gasteiger partial charge is 0.232 e. The summed E-state index contributed by atoms with van der Waals surface area (Å²) in [5.41, 5.74) is 1.37. The fraction of sp³-hybridized carbons (Fsp3) is 0.238.